The fourth-order valence-electron chi connectivity index (χ4n) is 2.67. The summed E-state index contributed by atoms with van der Waals surface area (Å²) in [4.78, 5) is 24.2. The minimum atomic E-state index is -1.11. The molecule has 5 heteroatoms. The number of benzene rings is 3. The van der Waals surface area contributed by atoms with Crippen LogP contribution in [0, 0.1) is 0 Å². The number of ether oxygens (including phenoxy) is 1. The van der Waals surface area contributed by atoms with Gasteiger partial charge in [-0.3, -0.25) is 4.79 Å². The van der Waals surface area contributed by atoms with Crippen LogP contribution in [0.25, 0.3) is 11.1 Å². The summed E-state index contributed by atoms with van der Waals surface area (Å²) in [6.45, 7) is 0. The van der Waals surface area contributed by atoms with Gasteiger partial charge in [0, 0.05) is 0 Å². The van der Waals surface area contributed by atoms with Crippen molar-refractivity contribution >= 4 is 17.6 Å². The Morgan fingerprint density at radius 1 is 0.846 bits per heavy atom. The Morgan fingerprint density at radius 3 is 2.23 bits per heavy atom. The molecule has 0 aliphatic heterocycles. The summed E-state index contributed by atoms with van der Waals surface area (Å²) in [7, 11) is 1.48. The highest BCUT2D eigenvalue weighted by molar-refractivity contribution is 6.09. The molecule has 0 aliphatic rings. The lowest BCUT2D eigenvalue weighted by molar-refractivity contribution is 0.0698. The first kappa shape index (κ1) is 17.2. The van der Waals surface area contributed by atoms with Gasteiger partial charge in [-0.25, -0.2) is 4.79 Å². The van der Waals surface area contributed by atoms with E-state index in [9.17, 15) is 14.7 Å². The van der Waals surface area contributed by atoms with Gasteiger partial charge in [-0.05, 0) is 35.4 Å². The van der Waals surface area contributed by atoms with Crippen LogP contribution in [0.2, 0.25) is 0 Å². The summed E-state index contributed by atoms with van der Waals surface area (Å²) in [5.41, 5.74) is 2.32. The van der Waals surface area contributed by atoms with Gasteiger partial charge in [-0.15, -0.1) is 0 Å². The minimum absolute atomic E-state index is 0.0212. The number of methoxy groups -OCH3 is 1. The Morgan fingerprint density at radius 2 is 1.54 bits per heavy atom. The van der Waals surface area contributed by atoms with Crippen LogP contribution in [0.5, 0.6) is 5.75 Å². The molecule has 1 amide bonds. The molecule has 0 bridgehead atoms. The third kappa shape index (κ3) is 3.57. The van der Waals surface area contributed by atoms with Gasteiger partial charge < -0.3 is 15.2 Å². The van der Waals surface area contributed by atoms with Crippen molar-refractivity contribution in [2.45, 2.75) is 0 Å². The maximum atomic E-state index is 12.6. The lowest BCUT2D eigenvalue weighted by Crippen LogP contribution is -2.15. The van der Waals surface area contributed by atoms with Gasteiger partial charge in [-0.1, -0.05) is 48.5 Å². The number of aromatic carboxylic acids is 1. The predicted molar refractivity (Wildman–Crippen MR) is 99.8 cm³/mol. The molecule has 0 aliphatic carbocycles. The second kappa shape index (κ2) is 7.53. The summed E-state index contributed by atoms with van der Waals surface area (Å²) in [5.74, 6) is -1.13. The standard InChI is InChI=1S/C21H17NO4/c1-26-19-10-6-5-9-17(19)20(23)22-18-13-15(11-12-16(18)21(24)25)14-7-3-2-4-8-14/h2-13H,1H3,(H,22,23)(H,24,25). The van der Waals surface area contributed by atoms with Crippen LogP contribution < -0.4 is 10.1 Å². The van der Waals surface area contributed by atoms with Crippen molar-refractivity contribution in [2.24, 2.45) is 0 Å². The second-order valence-electron chi connectivity index (χ2n) is 5.59. The van der Waals surface area contributed by atoms with E-state index in [1.165, 1.54) is 13.2 Å². The SMILES string of the molecule is COc1ccccc1C(=O)Nc1cc(-c2ccccc2)ccc1C(=O)O. The fraction of sp³-hybridized carbons (Fsp3) is 0.0476. The van der Waals surface area contributed by atoms with E-state index in [1.807, 2.05) is 30.3 Å². The van der Waals surface area contributed by atoms with E-state index in [1.54, 1.807) is 36.4 Å². The number of para-hydroxylation sites is 1. The van der Waals surface area contributed by atoms with Crippen LogP contribution in [0.4, 0.5) is 5.69 Å². The quantitative estimate of drug-likeness (QED) is 0.721. The predicted octanol–water partition coefficient (Wildman–Crippen LogP) is 4.31. The average molecular weight is 347 g/mol. The van der Waals surface area contributed by atoms with Crippen LogP contribution in [-0.4, -0.2) is 24.1 Å². The molecule has 5 nitrogen and oxygen atoms in total. The van der Waals surface area contributed by atoms with Crippen molar-refractivity contribution in [2.75, 3.05) is 12.4 Å². The van der Waals surface area contributed by atoms with E-state index in [0.717, 1.165) is 11.1 Å². The number of nitrogens with one attached hydrogen (secondary N) is 1. The van der Waals surface area contributed by atoms with Gasteiger partial charge in [0.1, 0.15) is 5.75 Å². The molecule has 0 saturated heterocycles. The normalized spacial score (nSPS) is 10.2. The Kier molecular flexibility index (Phi) is 4.99. The fourth-order valence-corrected chi connectivity index (χ4v) is 2.67. The number of hydrogen-bond donors (Lipinski definition) is 2. The average Bonchev–Trinajstić information content (AvgIpc) is 2.68. The van der Waals surface area contributed by atoms with Crippen LogP contribution >= 0.6 is 0 Å². The van der Waals surface area contributed by atoms with Crippen molar-refractivity contribution in [1.82, 2.24) is 0 Å². The number of rotatable bonds is 5. The van der Waals surface area contributed by atoms with Crippen molar-refractivity contribution in [3.8, 4) is 16.9 Å². The van der Waals surface area contributed by atoms with Gasteiger partial charge in [0.25, 0.3) is 5.91 Å². The number of carbonyl (C=O) groups is 2. The van der Waals surface area contributed by atoms with Crippen molar-refractivity contribution < 1.29 is 19.4 Å². The first-order valence-electron chi connectivity index (χ1n) is 7.97. The number of carboxylic acid groups (broad SMARTS) is 1. The summed E-state index contributed by atoms with van der Waals surface area (Å²) in [6, 6.07) is 21.2. The maximum absolute atomic E-state index is 12.6. The highest BCUT2D eigenvalue weighted by Gasteiger charge is 2.17. The maximum Gasteiger partial charge on any atom is 0.337 e. The molecule has 0 spiro atoms. The number of carboxylic acids is 1. The zero-order valence-electron chi connectivity index (χ0n) is 14.1. The molecule has 3 aromatic carbocycles. The monoisotopic (exact) mass is 347 g/mol. The third-order valence-corrected chi connectivity index (χ3v) is 3.96. The van der Waals surface area contributed by atoms with Crippen LogP contribution in [0.15, 0.2) is 72.8 Å². The Bertz CT molecular complexity index is 951. The molecule has 3 aromatic rings. The lowest BCUT2D eigenvalue weighted by Gasteiger charge is -2.13. The topological polar surface area (TPSA) is 75.6 Å². The Balaban J connectivity index is 1.99. The zero-order valence-corrected chi connectivity index (χ0v) is 14.1. The summed E-state index contributed by atoms with van der Waals surface area (Å²) in [6.07, 6.45) is 0. The van der Waals surface area contributed by atoms with Crippen LogP contribution in [-0.2, 0) is 0 Å². The smallest absolute Gasteiger partial charge is 0.337 e. The molecule has 0 heterocycles. The zero-order chi connectivity index (χ0) is 18.5. The van der Waals surface area contributed by atoms with Crippen LogP contribution in [0.3, 0.4) is 0 Å². The molecule has 0 atom stereocenters. The molecule has 0 unspecified atom stereocenters. The largest absolute Gasteiger partial charge is 0.496 e. The van der Waals surface area contributed by atoms with Gasteiger partial charge in [-0.2, -0.15) is 0 Å². The number of anilines is 1. The molecular weight excluding hydrogens is 330 g/mol. The summed E-state index contributed by atoms with van der Waals surface area (Å²) >= 11 is 0. The van der Waals surface area contributed by atoms with Gasteiger partial charge in [0.2, 0.25) is 0 Å². The van der Waals surface area contributed by atoms with Crippen molar-refractivity contribution in [3.05, 3.63) is 83.9 Å². The third-order valence-electron chi connectivity index (χ3n) is 3.96. The van der Waals surface area contributed by atoms with Gasteiger partial charge in [0.05, 0.1) is 23.9 Å². The van der Waals surface area contributed by atoms with E-state index in [0.29, 0.717) is 11.3 Å². The van der Waals surface area contributed by atoms with Crippen molar-refractivity contribution in [3.63, 3.8) is 0 Å². The summed E-state index contributed by atoms with van der Waals surface area (Å²) < 4.78 is 5.20. The molecule has 26 heavy (non-hydrogen) atoms. The van der Waals surface area contributed by atoms with E-state index in [2.05, 4.69) is 5.32 Å². The van der Waals surface area contributed by atoms with Gasteiger partial charge >= 0.3 is 5.97 Å². The lowest BCUT2D eigenvalue weighted by atomic mass is 10.0. The molecule has 130 valence electrons. The number of carbonyl (C=O) groups excluding carboxylic acids is 1. The van der Waals surface area contributed by atoms with E-state index in [4.69, 9.17) is 4.74 Å². The van der Waals surface area contributed by atoms with Gasteiger partial charge in [0.15, 0.2) is 0 Å². The Hall–Kier alpha value is -3.60. The highest BCUT2D eigenvalue weighted by Crippen LogP contribution is 2.27. The molecule has 0 fully saturated rings. The van der Waals surface area contributed by atoms with Crippen molar-refractivity contribution in [1.29, 1.82) is 0 Å². The number of amides is 1. The molecule has 0 saturated carbocycles. The second-order valence-corrected chi connectivity index (χ2v) is 5.59. The first-order valence-corrected chi connectivity index (χ1v) is 7.97. The van der Waals surface area contributed by atoms with Crippen LogP contribution in [0.1, 0.15) is 20.7 Å². The first-order chi connectivity index (χ1) is 12.6. The molecule has 2 N–H and O–H groups in total. The van der Waals surface area contributed by atoms with E-state index >= 15 is 0 Å². The molecule has 3 rings (SSSR count). The minimum Gasteiger partial charge on any atom is -0.496 e. The van der Waals surface area contributed by atoms with E-state index < -0.39 is 11.9 Å². The van der Waals surface area contributed by atoms with E-state index in [-0.39, 0.29) is 11.3 Å². The summed E-state index contributed by atoms with van der Waals surface area (Å²) in [5, 5.41) is 12.1. The molecule has 0 radical (unpaired) electrons. The number of hydrogen-bond acceptors (Lipinski definition) is 3. The molecule has 0 aromatic heterocycles. The molecular formula is C21H17NO4. The Labute approximate surface area is 150 Å². The highest BCUT2D eigenvalue weighted by atomic mass is 16.5.